The number of hydrogen-bond donors (Lipinski definition) is 1. The molecule has 0 unspecified atom stereocenters. The number of hydrogen-bond acceptors (Lipinski definition) is 1. The smallest absolute Gasteiger partial charge is 0.220 e. The zero-order chi connectivity index (χ0) is 15.1. The van der Waals surface area contributed by atoms with Crippen LogP contribution in [-0.2, 0) is 11.2 Å². The first kappa shape index (κ1) is 14.2. The van der Waals surface area contributed by atoms with Crippen molar-refractivity contribution in [2.45, 2.75) is 51.0 Å². The molecule has 118 valence electrons. The second kappa shape index (κ2) is 5.68. The molecule has 4 saturated carbocycles. The highest BCUT2D eigenvalue weighted by Gasteiger charge is 2.48. The molecule has 22 heavy (non-hydrogen) atoms. The summed E-state index contributed by atoms with van der Waals surface area (Å²) in [6.07, 6.45) is 7.56. The molecule has 4 bridgehead atoms. The van der Waals surface area contributed by atoms with Gasteiger partial charge in [-0.2, -0.15) is 0 Å². The standard InChI is InChI=1S/C19H24FNO/c20-17-4-2-1-3-14(17)5-6-18(22)21-19-15-8-12-7-13(10-15)11-16(19)9-12/h1-4,12-13,15-16,19H,5-11H2,(H,21,22). The van der Waals surface area contributed by atoms with Crippen LogP contribution in [0.25, 0.3) is 0 Å². The van der Waals surface area contributed by atoms with Crippen LogP contribution in [0.4, 0.5) is 4.39 Å². The average molecular weight is 301 g/mol. The Kier molecular flexibility index (Phi) is 3.67. The van der Waals surface area contributed by atoms with Crippen LogP contribution in [0.15, 0.2) is 24.3 Å². The minimum absolute atomic E-state index is 0.0979. The van der Waals surface area contributed by atoms with Gasteiger partial charge in [-0.1, -0.05) is 18.2 Å². The summed E-state index contributed by atoms with van der Waals surface area (Å²) in [6.45, 7) is 0. The molecule has 0 radical (unpaired) electrons. The molecule has 1 N–H and O–H groups in total. The van der Waals surface area contributed by atoms with E-state index in [1.165, 1.54) is 38.2 Å². The zero-order valence-corrected chi connectivity index (χ0v) is 12.9. The van der Waals surface area contributed by atoms with Gasteiger partial charge in [-0.15, -0.1) is 0 Å². The Hall–Kier alpha value is -1.38. The van der Waals surface area contributed by atoms with Crippen LogP contribution < -0.4 is 5.32 Å². The SMILES string of the molecule is O=C(CCc1ccccc1F)NC1C2CC3CC(C2)CC1C3. The van der Waals surface area contributed by atoms with Crippen molar-refractivity contribution in [3.63, 3.8) is 0 Å². The van der Waals surface area contributed by atoms with Crippen molar-refractivity contribution in [3.8, 4) is 0 Å². The topological polar surface area (TPSA) is 29.1 Å². The van der Waals surface area contributed by atoms with Crippen molar-refractivity contribution in [2.24, 2.45) is 23.7 Å². The van der Waals surface area contributed by atoms with Crippen LogP contribution in [0.3, 0.4) is 0 Å². The number of carbonyl (C=O) groups is 1. The second-order valence-electron chi connectivity index (χ2n) is 7.62. The molecule has 4 fully saturated rings. The van der Waals surface area contributed by atoms with Crippen LogP contribution in [0.5, 0.6) is 0 Å². The summed E-state index contributed by atoms with van der Waals surface area (Å²) in [7, 11) is 0. The van der Waals surface area contributed by atoms with Gasteiger partial charge < -0.3 is 5.32 Å². The molecule has 5 rings (SSSR count). The Morgan fingerprint density at radius 2 is 1.68 bits per heavy atom. The summed E-state index contributed by atoms with van der Waals surface area (Å²) in [5, 5.41) is 3.29. The van der Waals surface area contributed by atoms with E-state index in [1.807, 2.05) is 6.07 Å². The van der Waals surface area contributed by atoms with Crippen LogP contribution in [0.1, 0.15) is 44.1 Å². The monoisotopic (exact) mass is 301 g/mol. The molecule has 1 aromatic rings. The zero-order valence-electron chi connectivity index (χ0n) is 12.9. The number of benzene rings is 1. The van der Waals surface area contributed by atoms with Gasteiger partial charge in [0.15, 0.2) is 0 Å². The first-order valence-electron chi connectivity index (χ1n) is 8.72. The molecule has 0 saturated heterocycles. The van der Waals surface area contributed by atoms with E-state index in [-0.39, 0.29) is 11.7 Å². The van der Waals surface area contributed by atoms with E-state index in [2.05, 4.69) is 5.32 Å². The lowest BCUT2D eigenvalue weighted by Crippen LogP contribution is -2.55. The maximum atomic E-state index is 13.6. The Bertz CT molecular complexity index is 542. The fourth-order valence-corrected chi connectivity index (χ4v) is 5.37. The predicted octanol–water partition coefficient (Wildman–Crippen LogP) is 3.70. The molecule has 2 nitrogen and oxygen atoms in total. The number of amides is 1. The van der Waals surface area contributed by atoms with Gasteiger partial charge in [0.25, 0.3) is 0 Å². The number of aryl methyl sites for hydroxylation is 1. The van der Waals surface area contributed by atoms with Crippen molar-refractivity contribution in [1.82, 2.24) is 5.32 Å². The summed E-state index contributed by atoms with van der Waals surface area (Å²) < 4.78 is 13.6. The molecule has 0 heterocycles. The average Bonchev–Trinajstić information content (AvgIpc) is 2.49. The lowest BCUT2D eigenvalue weighted by Gasteiger charge is -2.54. The molecule has 0 atom stereocenters. The van der Waals surface area contributed by atoms with Gasteiger partial charge in [0, 0.05) is 12.5 Å². The van der Waals surface area contributed by atoms with Crippen molar-refractivity contribution in [3.05, 3.63) is 35.6 Å². The summed E-state index contributed by atoms with van der Waals surface area (Å²) in [5.41, 5.74) is 0.641. The molecule has 0 spiro atoms. The molecule has 3 heteroatoms. The van der Waals surface area contributed by atoms with Gasteiger partial charge in [-0.3, -0.25) is 4.79 Å². The summed E-state index contributed by atoms with van der Waals surface area (Å²) in [6, 6.07) is 7.14. The largest absolute Gasteiger partial charge is 0.353 e. The first-order chi connectivity index (χ1) is 10.7. The molecular weight excluding hydrogens is 277 g/mol. The number of rotatable bonds is 4. The van der Waals surface area contributed by atoms with E-state index in [0.717, 1.165) is 11.8 Å². The quantitative estimate of drug-likeness (QED) is 0.902. The Morgan fingerprint density at radius 1 is 1.05 bits per heavy atom. The summed E-state index contributed by atoms with van der Waals surface area (Å²) >= 11 is 0. The third-order valence-electron chi connectivity index (χ3n) is 6.13. The van der Waals surface area contributed by atoms with Gasteiger partial charge in [0.1, 0.15) is 5.82 Å². The number of nitrogens with one attached hydrogen (secondary N) is 1. The molecule has 4 aliphatic rings. The van der Waals surface area contributed by atoms with Crippen molar-refractivity contribution in [1.29, 1.82) is 0 Å². The van der Waals surface area contributed by atoms with E-state index in [4.69, 9.17) is 0 Å². The molecule has 1 amide bonds. The minimum atomic E-state index is -0.204. The van der Waals surface area contributed by atoms with E-state index in [1.54, 1.807) is 12.1 Å². The number of carbonyl (C=O) groups excluding carboxylic acids is 1. The summed E-state index contributed by atoms with van der Waals surface area (Å²) in [4.78, 5) is 12.3. The van der Waals surface area contributed by atoms with Crippen molar-refractivity contribution in [2.75, 3.05) is 0 Å². The van der Waals surface area contributed by atoms with Gasteiger partial charge in [-0.25, -0.2) is 4.39 Å². The highest BCUT2D eigenvalue weighted by Crippen LogP contribution is 2.53. The maximum absolute atomic E-state index is 13.6. The fraction of sp³-hybridized carbons (Fsp3) is 0.632. The molecular formula is C19H24FNO. The first-order valence-corrected chi connectivity index (χ1v) is 8.72. The predicted molar refractivity (Wildman–Crippen MR) is 83.7 cm³/mol. The Balaban J connectivity index is 1.34. The number of halogens is 1. The van der Waals surface area contributed by atoms with E-state index < -0.39 is 0 Å². The van der Waals surface area contributed by atoms with Crippen LogP contribution in [0.2, 0.25) is 0 Å². The van der Waals surface area contributed by atoms with E-state index in [0.29, 0.717) is 36.3 Å². The van der Waals surface area contributed by atoms with Gasteiger partial charge in [0.2, 0.25) is 5.91 Å². The lowest BCUT2D eigenvalue weighted by molar-refractivity contribution is -0.125. The van der Waals surface area contributed by atoms with Crippen LogP contribution in [0, 0.1) is 29.5 Å². The van der Waals surface area contributed by atoms with Crippen LogP contribution in [-0.4, -0.2) is 11.9 Å². The Labute approximate surface area is 131 Å². The third kappa shape index (κ3) is 2.66. The molecule has 1 aromatic carbocycles. The fourth-order valence-electron chi connectivity index (χ4n) is 5.37. The second-order valence-corrected chi connectivity index (χ2v) is 7.62. The highest BCUT2D eigenvalue weighted by molar-refractivity contribution is 5.76. The van der Waals surface area contributed by atoms with Gasteiger partial charge in [0.05, 0.1) is 0 Å². The lowest BCUT2D eigenvalue weighted by atomic mass is 9.54. The normalized spacial score (nSPS) is 35.6. The Morgan fingerprint density at radius 3 is 2.32 bits per heavy atom. The molecule has 0 aromatic heterocycles. The molecule has 0 aliphatic heterocycles. The van der Waals surface area contributed by atoms with Crippen molar-refractivity contribution < 1.29 is 9.18 Å². The third-order valence-corrected chi connectivity index (χ3v) is 6.13. The van der Waals surface area contributed by atoms with Crippen molar-refractivity contribution >= 4 is 5.91 Å². The maximum Gasteiger partial charge on any atom is 0.220 e. The van der Waals surface area contributed by atoms with E-state index in [9.17, 15) is 9.18 Å². The summed E-state index contributed by atoms with van der Waals surface area (Å²) in [5.74, 6) is 3.15. The van der Waals surface area contributed by atoms with E-state index >= 15 is 0 Å². The van der Waals surface area contributed by atoms with Gasteiger partial charge in [-0.05, 0) is 73.8 Å². The van der Waals surface area contributed by atoms with Crippen LogP contribution >= 0.6 is 0 Å². The van der Waals surface area contributed by atoms with Gasteiger partial charge >= 0.3 is 0 Å². The highest BCUT2D eigenvalue weighted by atomic mass is 19.1. The minimum Gasteiger partial charge on any atom is -0.353 e. The molecule has 4 aliphatic carbocycles.